The van der Waals surface area contributed by atoms with E-state index in [0.717, 1.165) is 36.5 Å². The maximum absolute atomic E-state index is 12.2. The van der Waals surface area contributed by atoms with Gasteiger partial charge in [-0.1, -0.05) is 32.7 Å². The third kappa shape index (κ3) is 2.90. The molecule has 0 N–H and O–H groups in total. The molecular weight excluding hydrogens is 337 g/mol. The number of likely N-dealkylation sites (tertiary alicyclic amines) is 1. The topological polar surface area (TPSA) is 20.3 Å². The van der Waals surface area contributed by atoms with Crippen LogP contribution in [0.2, 0.25) is 0 Å². The van der Waals surface area contributed by atoms with E-state index in [1.807, 2.05) is 6.66 Å². The van der Waals surface area contributed by atoms with E-state index in [4.69, 9.17) is 0 Å². The molecule has 0 bridgehead atoms. The van der Waals surface area contributed by atoms with Crippen molar-refractivity contribution in [2.24, 2.45) is 34.5 Å². The van der Waals surface area contributed by atoms with Crippen LogP contribution in [0.15, 0.2) is 12.2 Å². The van der Waals surface area contributed by atoms with Crippen molar-refractivity contribution in [3.8, 4) is 0 Å². The highest BCUT2D eigenvalue weighted by molar-refractivity contribution is 7.15. The molecule has 0 aromatic rings. The Balaban J connectivity index is 0.000000948. The van der Waals surface area contributed by atoms with Crippen LogP contribution in [0.4, 0.5) is 0 Å². The first kappa shape index (κ1) is 20.4. The number of nitrogens with zero attached hydrogens (tertiary/aromatic N) is 1. The molecule has 0 aromatic heterocycles. The molecule has 1 amide bonds. The molecule has 148 valence electrons. The highest BCUT2D eigenvalue weighted by Gasteiger charge is 2.60. The van der Waals surface area contributed by atoms with Crippen molar-refractivity contribution < 1.29 is 4.79 Å². The van der Waals surface area contributed by atoms with Gasteiger partial charge in [-0.3, -0.25) is 4.79 Å². The Hall–Kier alpha value is -0.360. The lowest BCUT2D eigenvalue weighted by molar-refractivity contribution is -0.157. The first-order chi connectivity index (χ1) is 12.4. The summed E-state index contributed by atoms with van der Waals surface area (Å²) < 4.78 is 0. The molecule has 3 heteroatoms. The summed E-state index contributed by atoms with van der Waals surface area (Å²) in [5, 5.41) is 0. The zero-order valence-corrected chi connectivity index (χ0v) is 18.8. The van der Waals surface area contributed by atoms with Crippen molar-refractivity contribution in [3.63, 3.8) is 0 Å². The lowest BCUT2D eigenvalue weighted by Gasteiger charge is -2.61. The average Bonchev–Trinajstić information content (AvgIpc) is 2.97. The van der Waals surface area contributed by atoms with E-state index in [1.165, 1.54) is 38.5 Å². The van der Waals surface area contributed by atoms with E-state index < -0.39 is 0 Å². The van der Waals surface area contributed by atoms with Crippen LogP contribution in [0.25, 0.3) is 0 Å². The van der Waals surface area contributed by atoms with Crippen molar-refractivity contribution in [2.45, 2.75) is 78.2 Å². The zero-order valence-electron chi connectivity index (χ0n) is 17.6. The van der Waals surface area contributed by atoms with E-state index in [0.29, 0.717) is 22.8 Å². The normalized spacial score (nSPS) is 47.7. The molecule has 1 saturated heterocycles. The van der Waals surface area contributed by atoms with Crippen LogP contribution in [-0.4, -0.2) is 30.6 Å². The van der Waals surface area contributed by atoms with Gasteiger partial charge in [-0.05, 0) is 86.4 Å². The summed E-state index contributed by atoms with van der Waals surface area (Å²) >= 11 is 0. The van der Waals surface area contributed by atoms with Crippen LogP contribution < -0.4 is 0 Å². The van der Waals surface area contributed by atoms with E-state index in [2.05, 4.69) is 54.1 Å². The molecule has 2 nitrogen and oxygen atoms in total. The lowest BCUT2D eigenvalue weighted by atomic mass is 9.47. The van der Waals surface area contributed by atoms with Gasteiger partial charge in [-0.2, -0.15) is 0 Å². The van der Waals surface area contributed by atoms with E-state index in [1.54, 1.807) is 0 Å². The van der Waals surface area contributed by atoms with Crippen molar-refractivity contribution in [1.82, 2.24) is 4.90 Å². The molecule has 0 aromatic carbocycles. The van der Waals surface area contributed by atoms with Gasteiger partial charge in [0, 0.05) is 19.5 Å². The SMILES string of the molecule is CC=CC1CCC2C3CCC4N(C)C(=O)CCC4(C)C3CCC12C.CP. The monoisotopic (exact) mass is 377 g/mol. The Morgan fingerprint density at radius 1 is 1.00 bits per heavy atom. The average molecular weight is 378 g/mol. The highest BCUT2D eigenvalue weighted by Crippen LogP contribution is 2.66. The minimum atomic E-state index is 0.367. The van der Waals surface area contributed by atoms with Gasteiger partial charge in [0.1, 0.15) is 0 Å². The lowest BCUT2D eigenvalue weighted by Crippen LogP contribution is -2.61. The fraction of sp³-hybridized carbons (Fsp3) is 0.870. The standard InChI is InChI=1S/C22H35NO.CH5P/c1-5-6-15-7-9-17-16-8-10-19-22(3,14-12-20(24)23(19)4)18(16)11-13-21(15,17)2;1-2/h5-6,15-19H,7-14H2,1-4H3;2H2,1H3. The van der Waals surface area contributed by atoms with Crippen LogP contribution in [0.5, 0.6) is 0 Å². The number of allylic oxidation sites excluding steroid dienone is 2. The van der Waals surface area contributed by atoms with Gasteiger partial charge in [0.15, 0.2) is 0 Å². The summed E-state index contributed by atoms with van der Waals surface area (Å²) in [4.78, 5) is 14.3. The van der Waals surface area contributed by atoms with Gasteiger partial charge >= 0.3 is 0 Å². The molecule has 4 aliphatic rings. The van der Waals surface area contributed by atoms with Crippen LogP contribution in [0, 0.1) is 34.5 Å². The third-order valence-electron chi connectivity index (χ3n) is 9.06. The Morgan fingerprint density at radius 3 is 2.38 bits per heavy atom. The zero-order chi connectivity index (χ0) is 19.1. The molecule has 3 aliphatic carbocycles. The first-order valence-corrected chi connectivity index (χ1v) is 12.0. The molecule has 1 heterocycles. The molecule has 4 rings (SSSR count). The third-order valence-corrected chi connectivity index (χ3v) is 9.06. The van der Waals surface area contributed by atoms with E-state index >= 15 is 0 Å². The molecule has 1 aliphatic heterocycles. The number of hydrogen-bond acceptors (Lipinski definition) is 1. The number of carbonyl (C=O) groups excluding carboxylic acids is 1. The second-order valence-corrected chi connectivity index (χ2v) is 9.73. The number of hydrogen-bond donors (Lipinski definition) is 0. The van der Waals surface area contributed by atoms with Crippen LogP contribution in [-0.2, 0) is 4.79 Å². The molecule has 8 atom stereocenters. The minimum absolute atomic E-state index is 0.367. The van der Waals surface area contributed by atoms with Crippen molar-refractivity contribution >= 4 is 15.1 Å². The number of piperidine rings is 1. The van der Waals surface area contributed by atoms with Crippen molar-refractivity contribution in [2.75, 3.05) is 13.7 Å². The summed E-state index contributed by atoms with van der Waals surface area (Å²) in [5.74, 6) is 3.84. The maximum atomic E-state index is 12.2. The number of amides is 1. The molecule has 8 unspecified atom stereocenters. The Kier molecular flexibility index (Phi) is 5.94. The Morgan fingerprint density at radius 2 is 1.69 bits per heavy atom. The maximum Gasteiger partial charge on any atom is 0.222 e. The molecule has 0 radical (unpaired) electrons. The summed E-state index contributed by atoms with van der Waals surface area (Å²) in [6, 6.07) is 0.497. The molecule has 26 heavy (non-hydrogen) atoms. The minimum Gasteiger partial charge on any atom is -0.342 e. The fourth-order valence-corrected chi connectivity index (χ4v) is 7.74. The van der Waals surface area contributed by atoms with Gasteiger partial charge in [0.25, 0.3) is 0 Å². The van der Waals surface area contributed by atoms with Gasteiger partial charge in [-0.15, -0.1) is 9.24 Å². The van der Waals surface area contributed by atoms with Gasteiger partial charge < -0.3 is 4.90 Å². The van der Waals surface area contributed by atoms with E-state index in [9.17, 15) is 4.79 Å². The van der Waals surface area contributed by atoms with E-state index in [-0.39, 0.29) is 0 Å². The smallest absolute Gasteiger partial charge is 0.222 e. The second kappa shape index (κ2) is 7.57. The van der Waals surface area contributed by atoms with Gasteiger partial charge in [-0.25, -0.2) is 0 Å². The predicted molar refractivity (Wildman–Crippen MR) is 114 cm³/mol. The number of rotatable bonds is 1. The molecule has 3 saturated carbocycles. The second-order valence-electron chi connectivity index (χ2n) is 9.73. The van der Waals surface area contributed by atoms with Gasteiger partial charge in [0.05, 0.1) is 0 Å². The number of fused-ring (bicyclic) bond motifs is 5. The largest absolute Gasteiger partial charge is 0.342 e. The highest BCUT2D eigenvalue weighted by atomic mass is 31.0. The van der Waals surface area contributed by atoms with Crippen molar-refractivity contribution in [3.05, 3.63) is 12.2 Å². The van der Waals surface area contributed by atoms with Crippen LogP contribution in [0.3, 0.4) is 0 Å². The van der Waals surface area contributed by atoms with Gasteiger partial charge in [0.2, 0.25) is 5.91 Å². The molecule has 0 spiro atoms. The summed E-state index contributed by atoms with van der Waals surface area (Å²) in [7, 11) is 4.48. The first-order valence-electron chi connectivity index (χ1n) is 10.9. The molecular formula is C23H40NOP. The van der Waals surface area contributed by atoms with Crippen LogP contribution >= 0.6 is 9.24 Å². The Bertz CT molecular complexity index is 560. The van der Waals surface area contributed by atoms with Crippen molar-refractivity contribution in [1.29, 1.82) is 0 Å². The predicted octanol–water partition coefficient (Wildman–Crippen LogP) is 5.53. The fourth-order valence-electron chi connectivity index (χ4n) is 7.74. The summed E-state index contributed by atoms with van der Waals surface area (Å²) in [6.07, 6.45) is 14.9. The van der Waals surface area contributed by atoms with Crippen LogP contribution in [0.1, 0.15) is 72.1 Å². The summed E-state index contributed by atoms with van der Waals surface area (Å²) in [6.45, 7) is 9.22. The molecule has 4 fully saturated rings. The quantitative estimate of drug-likeness (QED) is 0.434. The Labute approximate surface area is 163 Å². The summed E-state index contributed by atoms with van der Waals surface area (Å²) in [5.41, 5.74) is 0.902. The number of carbonyl (C=O) groups is 1.